The van der Waals surface area contributed by atoms with Crippen molar-refractivity contribution < 1.29 is 19.1 Å². The number of hydrogen-bond acceptors (Lipinski definition) is 9. The van der Waals surface area contributed by atoms with Gasteiger partial charge in [-0.25, -0.2) is 4.52 Å². The third-order valence-electron chi connectivity index (χ3n) is 8.13. The van der Waals surface area contributed by atoms with Gasteiger partial charge in [-0.1, -0.05) is 0 Å². The highest BCUT2D eigenvalue weighted by atomic mass is 32.1. The van der Waals surface area contributed by atoms with Gasteiger partial charge in [0.15, 0.2) is 0 Å². The van der Waals surface area contributed by atoms with Crippen LogP contribution in [0.2, 0.25) is 0 Å². The van der Waals surface area contributed by atoms with Gasteiger partial charge >= 0.3 is 0 Å². The van der Waals surface area contributed by atoms with Gasteiger partial charge in [-0.05, 0) is 46.2 Å². The standard InChI is InChI=1S/C31H38N8O4S/c1-20-25(13-21(14-33-20)27(40)32-9-12-37-10-6-8-30(37,2)3)36-28(41)24-16-35-39-18-26(44-29(24)39)22-15-34-38(17-22)11-7-23-19-42-31(4,5)43-23/h13-19H,6-12H2,1-5H3,(H,32,40)(H,36,41). The van der Waals surface area contributed by atoms with Gasteiger partial charge in [0.2, 0.25) is 5.79 Å². The summed E-state index contributed by atoms with van der Waals surface area (Å²) in [5, 5.41) is 14.8. The van der Waals surface area contributed by atoms with Crippen molar-refractivity contribution in [1.29, 1.82) is 0 Å². The molecule has 6 heterocycles. The smallest absolute Gasteiger partial charge is 0.260 e. The number of carbonyl (C=O) groups is 2. The molecular formula is C31H38N8O4S. The number of carbonyl (C=O) groups excluding carboxylic acids is 2. The number of pyridine rings is 1. The molecule has 0 bridgehead atoms. The topological polar surface area (TPSA) is 128 Å². The molecule has 0 aliphatic carbocycles. The highest BCUT2D eigenvalue weighted by molar-refractivity contribution is 7.21. The highest BCUT2D eigenvalue weighted by Gasteiger charge is 2.31. The maximum atomic E-state index is 13.4. The van der Waals surface area contributed by atoms with Crippen molar-refractivity contribution in [2.45, 2.75) is 71.8 Å². The van der Waals surface area contributed by atoms with Gasteiger partial charge < -0.3 is 20.1 Å². The van der Waals surface area contributed by atoms with Crippen LogP contribution in [0, 0.1) is 6.92 Å². The van der Waals surface area contributed by atoms with Gasteiger partial charge in [0, 0.05) is 69.6 Å². The average Bonchev–Trinajstić information content (AvgIpc) is 3.78. The molecule has 12 nitrogen and oxygen atoms in total. The molecule has 4 aromatic heterocycles. The molecule has 0 unspecified atom stereocenters. The van der Waals surface area contributed by atoms with Crippen molar-refractivity contribution in [1.82, 2.24) is 34.6 Å². The summed E-state index contributed by atoms with van der Waals surface area (Å²) in [5.41, 5.74) is 3.02. The zero-order valence-corrected chi connectivity index (χ0v) is 26.5. The summed E-state index contributed by atoms with van der Waals surface area (Å²) < 4.78 is 14.8. The number of anilines is 1. The molecule has 232 valence electrons. The monoisotopic (exact) mass is 618 g/mol. The largest absolute Gasteiger partial charge is 0.457 e. The van der Waals surface area contributed by atoms with Crippen LogP contribution in [0.3, 0.4) is 0 Å². The number of aromatic nitrogens is 5. The lowest BCUT2D eigenvalue weighted by molar-refractivity contribution is -0.117. The van der Waals surface area contributed by atoms with E-state index in [9.17, 15) is 9.59 Å². The third-order valence-corrected chi connectivity index (χ3v) is 9.30. The Morgan fingerprint density at radius 1 is 1.07 bits per heavy atom. The average molecular weight is 619 g/mol. The predicted molar refractivity (Wildman–Crippen MR) is 167 cm³/mol. The van der Waals surface area contributed by atoms with E-state index in [1.807, 2.05) is 30.9 Å². The lowest BCUT2D eigenvalue weighted by Gasteiger charge is -2.31. The number of likely N-dealkylation sites (tertiary alicyclic amines) is 1. The Morgan fingerprint density at radius 3 is 2.66 bits per heavy atom. The molecule has 1 saturated heterocycles. The molecule has 1 fully saturated rings. The van der Waals surface area contributed by atoms with Crippen molar-refractivity contribution in [3.8, 4) is 10.4 Å². The van der Waals surface area contributed by atoms with Crippen molar-refractivity contribution in [3.05, 3.63) is 65.9 Å². The van der Waals surface area contributed by atoms with Gasteiger partial charge in [-0.3, -0.25) is 24.2 Å². The summed E-state index contributed by atoms with van der Waals surface area (Å²) in [6.07, 6.45) is 13.4. The molecule has 44 heavy (non-hydrogen) atoms. The fraction of sp³-hybridized carbons (Fsp3) is 0.452. The van der Waals surface area contributed by atoms with E-state index in [-0.39, 0.29) is 17.4 Å². The number of nitrogens with zero attached hydrogens (tertiary/aromatic N) is 6. The van der Waals surface area contributed by atoms with Crippen molar-refractivity contribution in [2.24, 2.45) is 0 Å². The second kappa shape index (κ2) is 11.7. The summed E-state index contributed by atoms with van der Waals surface area (Å²) >= 11 is 1.46. The molecule has 4 aromatic rings. The Hall–Kier alpha value is -4.23. The van der Waals surface area contributed by atoms with Crippen LogP contribution < -0.4 is 10.6 Å². The van der Waals surface area contributed by atoms with E-state index < -0.39 is 5.79 Å². The van der Waals surface area contributed by atoms with Crippen LogP contribution in [0.15, 0.2) is 49.1 Å². The van der Waals surface area contributed by atoms with Crippen LogP contribution in [0.1, 0.15) is 73.4 Å². The second-order valence-corrected chi connectivity index (χ2v) is 13.4. The molecule has 0 aromatic carbocycles. The molecular weight excluding hydrogens is 580 g/mol. The summed E-state index contributed by atoms with van der Waals surface area (Å²) in [6, 6.07) is 1.67. The maximum Gasteiger partial charge on any atom is 0.260 e. The molecule has 2 amide bonds. The lowest BCUT2D eigenvalue weighted by Crippen LogP contribution is -2.43. The number of aryl methyl sites for hydroxylation is 2. The van der Waals surface area contributed by atoms with Crippen LogP contribution in [0.4, 0.5) is 5.69 Å². The maximum absolute atomic E-state index is 13.4. The molecule has 0 radical (unpaired) electrons. The van der Waals surface area contributed by atoms with Crippen LogP contribution in [-0.4, -0.2) is 72.1 Å². The molecule has 0 saturated carbocycles. The summed E-state index contributed by atoms with van der Waals surface area (Å²) in [7, 11) is 0. The Balaban J connectivity index is 1.09. The first-order valence-electron chi connectivity index (χ1n) is 14.8. The van der Waals surface area contributed by atoms with Crippen molar-refractivity contribution >= 4 is 33.7 Å². The van der Waals surface area contributed by atoms with E-state index in [1.54, 1.807) is 36.2 Å². The number of allylic oxidation sites excluding steroid dienone is 1. The number of nitrogens with one attached hydrogen (secondary N) is 2. The number of rotatable bonds is 10. The zero-order chi connectivity index (χ0) is 31.1. The first kappa shape index (κ1) is 29.8. The fourth-order valence-electron chi connectivity index (χ4n) is 5.55. The molecule has 2 aliphatic heterocycles. The van der Waals surface area contributed by atoms with E-state index in [0.717, 1.165) is 35.7 Å². The number of hydrogen-bond donors (Lipinski definition) is 2. The highest BCUT2D eigenvalue weighted by Crippen LogP contribution is 2.32. The first-order chi connectivity index (χ1) is 21.0. The summed E-state index contributed by atoms with van der Waals surface area (Å²) in [5.74, 6) is -0.378. The normalized spacial score (nSPS) is 17.3. The Morgan fingerprint density at radius 2 is 1.91 bits per heavy atom. The molecule has 0 atom stereocenters. The number of amides is 2. The lowest BCUT2D eigenvalue weighted by atomic mass is 10.0. The Labute approximate surface area is 260 Å². The van der Waals surface area contributed by atoms with Crippen LogP contribution in [0.25, 0.3) is 15.3 Å². The molecule has 2 N–H and O–H groups in total. The summed E-state index contributed by atoms with van der Waals surface area (Å²) in [6.45, 7) is 13.1. The van der Waals surface area contributed by atoms with Gasteiger partial charge in [0.25, 0.3) is 11.8 Å². The molecule has 2 aliphatic rings. The van der Waals surface area contributed by atoms with Crippen molar-refractivity contribution in [3.63, 3.8) is 0 Å². The van der Waals surface area contributed by atoms with E-state index >= 15 is 0 Å². The van der Waals surface area contributed by atoms with Crippen LogP contribution >= 0.6 is 11.3 Å². The minimum atomic E-state index is -0.627. The van der Waals surface area contributed by atoms with E-state index in [4.69, 9.17) is 9.47 Å². The Bertz CT molecular complexity index is 1730. The van der Waals surface area contributed by atoms with E-state index in [1.165, 1.54) is 24.0 Å². The van der Waals surface area contributed by atoms with Crippen LogP contribution in [-0.2, 0) is 16.0 Å². The van der Waals surface area contributed by atoms with Gasteiger partial charge in [0.1, 0.15) is 16.9 Å². The molecule has 13 heteroatoms. The second-order valence-electron chi connectivity index (χ2n) is 12.3. The minimum absolute atomic E-state index is 0.162. The van der Waals surface area contributed by atoms with Gasteiger partial charge in [-0.15, -0.1) is 11.3 Å². The van der Waals surface area contributed by atoms with Crippen LogP contribution in [0.5, 0.6) is 0 Å². The minimum Gasteiger partial charge on any atom is -0.457 e. The Kier molecular flexibility index (Phi) is 7.93. The quantitative estimate of drug-likeness (QED) is 0.259. The number of thiazole rings is 1. The predicted octanol–water partition coefficient (Wildman–Crippen LogP) is 4.83. The third kappa shape index (κ3) is 6.34. The summed E-state index contributed by atoms with van der Waals surface area (Å²) in [4.78, 5) is 34.7. The van der Waals surface area contributed by atoms with Gasteiger partial charge in [0.05, 0.1) is 39.8 Å². The fourth-order valence-corrected chi connectivity index (χ4v) is 6.59. The zero-order valence-electron chi connectivity index (χ0n) is 25.7. The number of fused-ring (bicyclic) bond motifs is 1. The first-order valence-corrected chi connectivity index (χ1v) is 15.7. The van der Waals surface area contributed by atoms with E-state index in [0.29, 0.717) is 46.8 Å². The van der Waals surface area contributed by atoms with E-state index in [2.05, 4.69) is 44.6 Å². The molecule has 6 rings (SSSR count). The molecule has 0 spiro atoms. The van der Waals surface area contributed by atoms with Crippen molar-refractivity contribution in [2.75, 3.05) is 25.0 Å². The van der Waals surface area contributed by atoms with Gasteiger partial charge in [-0.2, -0.15) is 10.2 Å². The SMILES string of the molecule is Cc1ncc(C(=O)NCCN2CCCC2(C)C)cc1NC(=O)c1cnn2cc(-c3cnn(CCC4=COC(C)(C)O4)c3)sc12. The number of ether oxygens (including phenoxy) is 2.